The van der Waals surface area contributed by atoms with Gasteiger partial charge in [0.1, 0.15) is 5.15 Å². The minimum Gasteiger partial charge on any atom is -0.379 e. The van der Waals surface area contributed by atoms with Crippen molar-refractivity contribution in [2.75, 3.05) is 39.4 Å². The fraction of sp³-hybridized carbons (Fsp3) is 0.400. The molecule has 0 radical (unpaired) electrons. The number of nitrogens with one attached hydrogen (secondary N) is 1. The zero-order valence-corrected chi connectivity index (χ0v) is 16.8. The summed E-state index contributed by atoms with van der Waals surface area (Å²) in [5, 5.41) is 5.37. The van der Waals surface area contributed by atoms with Crippen LogP contribution in [0, 0.1) is 6.92 Å². The van der Waals surface area contributed by atoms with E-state index in [2.05, 4.69) is 28.2 Å². The highest BCUT2D eigenvalue weighted by atomic mass is 35.5. The Balaban J connectivity index is 1.46. The quantitative estimate of drug-likeness (QED) is 0.519. The molecule has 1 amide bonds. The summed E-state index contributed by atoms with van der Waals surface area (Å²) in [4.78, 5) is 20.1. The minimum absolute atomic E-state index is 0.0463. The number of aromatic nitrogens is 1. The summed E-state index contributed by atoms with van der Waals surface area (Å²) in [6.45, 7) is 7.25. The van der Waals surface area contributed by atoms with Gasteiger partial charge in [0.15, 0.2) is 0 Å². The molecular formula is C20H22ClN3O2S. The minimum atomic E-state index is -0.0463. The van der Waals surface area contributed by atoms with Crippen LogP contribution >= 0.6 is 22.9 Å². The highest BCUT2D eigenvalue weighted by Gasteiger charge is 2.16. The molecule has 1 N–H and O–H groups in total. The van der Waals surface area contributed by atoms with Crippen LogP contribution in [0.5, 0.6) is 0 Å². The van der Waals surface area contributed by atoms with Crippen molar-refractivity contribution in [2.24, 2.45) is 0 Å². The third-order valence-corrected chi connectivity index (χ3v) is 6.29. The van der Waals surface area contributed by atoms with Gasteiger partial charge >= 0.3 is 0 Å². The predicted octanol–water partition coefficient (Wildman–Crippen LogP) is 3.86. The van der Waals surface area contributed by atoms with Crippen molar-refractivity contribution in [1.29, 1.82) is 0 Å². The monoisotopic (exact) mass is 403 g/mol. The second-order valence-corrected chi connectivity index (χ2v) is 8.25. The number of ether oxygens (including phenoxy) is 1. The average Bonchev–Trinajstić information content (AvgIpc) is 3.13. The molecule has 2 aromatic heterocycles. The number of amides is 1. The van der Waals surface area contributed by atoms with Crippen molar-refractivity contribution in [3.8, 4) is 0 Å². The van der Waals surface area contributed by atoms with E-state index in [0.717, 1.165) is 65.8 Å². The van der Waals surface area contributed by atoms with E-state index < -0.39 is 0 Å². The summed E-state index contributed by atoms with van der Waals surface area (Å²) >= 11 is 7.84. The largest absolute Gasteiger partial charge is 0.379 e. The molecule has 0 saturated carbocycles. The topological polar surface area (TPSA) is 54.5 Å². The number of pyridine rings is 1. The Labute approximate surface area is 167 Å². The number of rotatable bonds is 5. The van der Waals surface area contributed by atoms with Crippen molar-refractivity contribution in [2.45, 2.75) is 13.3 Å². The molecule has 4 rings (SSSR count). The Morgan fingerprint density at radius 3 is 2.93 bits per heavy atom. The lowest BCUT2D eigenvalue weighted by molar-refractivity contribution is 0.0374. The molecule has 5 nitrogen and oxygen atoms in total. The van der Waals surface area contributed by atoms with Crippen LogP contribution < -0.4 is 5.32 Å². The van der Waals surface area contributed by atoms with Gasteiger partial charge in [-0.25, -0.2) is 4.98 Å². The van der Waals surface area contributed by atoms with Crippen molar-refractivity contribution < 1.29 is 9.53 Å². The van der Waals surface area contributed by atoms with Crippen LogP contribution in [0.15, 0.2) is 24.3 Å². The van der Waals surface area contributed by atoms with Gasteiger partial charge in [-0.1, -0.05) is 23.2 Å². The summed E-state index contributed by atoms with van der Waals surface area (Å²) in [6, 6.07) is 7.95. The highest BCUT2D eigenvalue weighted by Crippen LogP contribution is 2.36. The summed E-state index contributed by atoms with van der Waals surface area (Å²) < 4.78 is 6.37. The van der Waals surface area contributed by atoms with E-state index in [-0.39, 0.29) is 5.91 Å². The second kappa shape index (κ2) is 8.10. The molecule has 27 heavy (non-hydrogen) atoms. The number of nitrogens with zero attached hydrogens (tertiary/aromatic N) is 2. The first-order chi connectivity index (χ1) is 13.1. The normalized spacial score (nSPS) is 15.5. The molecule has 1 fully saturated rings. The lowest BCUT2D eigenvalue weighted by atomic mass is 10.1. The summed E-state index contributed by atoms with van der Waals surface area (Å²) in [5.41, 5.74) is 2.02. The van der Waals surface area contributed by atoms with Gasteiger partial charge < -0.3 is 10.1 Å². The molecule has 3 aromatic rings. The van der Waals surface area contributed by atoms with E-state index in [1.54, 1.807) is 0 Å². The van der Waals surface area contributed by atoms with Crippen LogP contribution in [-0.2, 0) is 4.74 Å². The summed E-state index contributed by atoms with van der Waals surface area (Å²) in [7, 11) is 0. The highest BCUT2D eigenvalue weighted by molar-refractivity contribution is 7.21. The van der Waals surface area contributed by atoms with Crippen LogP contribution in [0.2, 0.25) is 5.15 Å². The lowest BCUT2D eigenvalue weighted by Crippen LogP contribution is -2.38. The fourth-order valence-corrected chi connectivity index (χ4v) is 4.76. The predicted molar refractivity (Wildman–Crippen MR) is 111 cm³/mol. The number of morpholine rings is 1. The third kappa shape index (κ3) is 4.09. The molecule has 0 atom stereocenters. The van der Waals surface area contributed by atoms with Crippen molar-refractivity contribution in [3.63, 3.8) is 0 Å². The van der Waals surface area contributed by atoms with Gasteiger partial charge in [0, 0.05) is 35.1 Å². The van der Waals surface area contributed by atoms with Crippen molar-refractivity contribution >= 4 is 49.8 Å². The maximum Gasteiger partial charge on any atom is 0.261 e. The molecule has 7 heteroatoms. The van der Waals surface area contributed by atoms with E-state index in [9.17, 15) is 4.79 Å². The van der Waals surface area contributed by atoms with Gasteiger partial charge in [0.2, 0.25) is 0 Å². The Hall–Kier alpha value is -1.73. The van der Waals surface area contributed by atoms with Crippen LogP contribution in [0.3, 0.4) is 0 Å². The van der Waals surface area contributed by atoms with E-state index >= 15 is 0 Å². The van der Waals surface area contributed by atoms with Crippen LogP contribution in [-0.4, -0.2) is 55.2 Å². The van der Waals surface area contributed by atoms with Crippen molar-refractivity contribution in [3.05, 3.63) is 39.9 Å². The molecule has 0 aliphatic carbocycles. The zero-order valence-electron chi connectivity index (χ0n) is 15.3. The molecule has 1 aromatic carbocycles. The van der Waals surface area contributed by atoms with Crippen LogP contribution in [0.4, 0.5) is 0 Å². The zero-order chi connectivity index (χ0) is 18.8. The first-order valence-corrected chi connectivity index (χ1v) is 10.4. The first kappa shape index (κ1) is 18.6. The Morgan fingerprint density at radius 2 is 2.11 bits per heavy atom. The number of thiophene rings is 1. The van der Waals surface area contributed by atoms with E-state index in [4.69, 9.17) is 16.3 Å². The molecule has 0 bridgehead atoms. The van der Waals surface area contributed by atoms with Gasteiger partial charge in [0.05, 0.1) is 23.6 Å². The summed E-state index contributed by atoms with van der Waals surface area (Å²) in [6.07, 6.45) is 0.932. The average molecular weight is 404 g/mol. The number of carbonyl (C=O) groups is 1. The van der Waals surface area contributed by atoms with Gasteiger partial charge in [-0.2, -0.15) is 0 Å². The lowest BCUT2D eigenvalue weighted by Gasteiger charge is -2.26. The number of aryl methyl sites for hydroxylation is 1. The smallest absolute Gasteiger partial charge is 0.261 e. The molecular weight excluding hydrogens is 382 g/mol. The van der Waals surface area contributed by atoms with Gasteiger partial charge in [0.25, 0.3) is 5.91 Å². The molecule has 0 unspecified atom stereocenters. The number of carbonyl (C=O) groups excluding carboxylic acids is 1. The first-order valence-electron chi connectivity index (χ1n) is 9.19. The molecule has 142 valence electrons. The maximum atomic E-state index is 12.6. The van der Waals surface area contributed by atoms with Gasteiger partial charge in [-0.3, -0.25) is 9.69 Å². The Morgan fingerprint density at radius 1 is 1.30 bits per heavy atom. The molecule has 1 saturated heterocycles. The fourth-order valence-electron chi connectivity index (χ4n) is 3.37. The van der Waals surface area contributed by atoms with E-state index in [0.29, 0.717) is 16.6 Å². The SMILES string of the molecule is Cc1ccc2nc(Cl)c3cc(C(=O)NCCCN4CCOCC4)sc3c2c1. The number of hydrogen-bond donors (Lipinski definition) is 1. The standard InChI is InChI=1S/C20H22ClN3O2S/c1-13-3-4-16-14(11-13)18-15(19(21)23-16)12-17(27-18)20(25)22-5-2-6-24-7-9-26-10-8-24/h3-4,11-12H,2,5-10H2,1H3,(H,22,25). The van der Waals surface area contributed by atoms with Gasteiger partial charge in [-0.05, 0) is 38.1 Å². The molecule has 1 aliphatic rings. The van der Waals surface area contributed by atoms with Gasteiger partial charge in [-0.15, -0.1) is 11.3 Å². The Kier molecular flexibility index (Phi) is 5.59. The maximum absolute atomic E-state index is 12.6. The molecule has 0 spiro atoms. The van der Waals surface area contributed by atoms with E-state index in [1.807, 2.05) is 18.2 Å². The number of halogens is 1. The number of fused-ring (bicyclic) bond motifs is 3. The van der Waals surface area contributed by atoms with Crippen LogP contribution in [0.1, 0.15) is 21.7 Å². The third-order valence-electron chi connectivity index (χ3n) is 4.83. The van der Waals surface area contributed by atoms with Crippen LogP contribution in [0.25, 0.3) is 21.0 Å². The molecule has 1 aliphatic heterocycles. The number of benzene rings is 1. The molecule has 3 heterocycles. The summed E-state index contributed by atoms with van der Waals surface area (Å²) in [5.74, 6) is -0.0463. The van der Waals surface area contributed by atoms with E-state index in [1.165, 1.54) is 11.3 Å². The second-order valence-electron chi connectivity index (χ2n) is 6.84. The number of hydrogen-bond acceptors (Lipinski definition) is 5. The Bertz CT molecular complexity index is 982. The van der Waals surface area contributed by atoms with Crippen molar-refractivity contribution in [1.82, 2.24) is 15.2 Å².